The van der Waals surface area contributed by atoms with Crippen LogP contribution in [-0.2, 0) is 14.2 Å². The monoisotopic (exact) mass is 355 g/mol. The van der Waals surface area contributed by atoms with Gasteiger partial charge < -0.3 is 25.1 Å². The summed E-state index contributed by atoms with van der Waals surface area (Å²) in [6.45, 7) is 18.4. The van der Waals surface area contributed by atoms with Crippen LogP contribution in [0.5, 0.6) is 0 Å². The van der Waals surface area contributed by atoms with Crippen molar-refractivity contribution in [3.05, 3.63) is 0 Å². The van der Waals surface area contributed by atoms with Crippen molar-refractivity contribution in [3.63, 3.8) is 0 Å². The van der Waals surface area contributed by atoms with Gasteiger partial charge in [0, 0.05) is 25.7 Å². The molecule has 0 amide bonds. The number of hydrogen-bond donors (Lipinski definition) is 3. The van der Waals surface area contributed by atoms with Crippen LogP contribution >= 0.6 is 0 Å². The fourth-order valence-corrected chi connectivity index (χ4v) is 1.22. The molecule has 0 aliphatic heterocycles. The summed E-state index contributed by atoms with van der Waals surface area (Å²) < 4.78 is 15.7. The Balaban J connectivity index is -0.000000297. The summed E-state index contributed by atoms with van der Waals surface area (Å²) in [7, 11) is 0. The van der Waals surface area contributed by atoms with E-state index < -0.39 is 0 Å². The Labute approximate surface area is 150 Å². The fourth-order valence-electron chi connectivity index (χ4n) is 1.22. The first kappa shape index (κ1) is 31.5. The molecule has 0 saturated heterocycles. The minimum atomic E-state index is -0.308. The van der Waals surface area contributed by atoms with Crippen LogP contribution < -0.4 is 11.6 Å². The second-order valence-electron chi connectivity index (χ2n) is 3.86. The van der Waals surface area contributed by atoms with E-state index in [-0.39, 0.29) is 12.6 Å². The molecule has 152 valence electrons. The minimum absolute atomic E-state index is 0.0672. The molecular formula is C17H45N3O4. The maximum absolute atomic E-state index is 8.75. The molecule has 0 spiro atoms. The highest BCUT2D eigenvalue weighted by atomic mass is 16.5. The lowest BCUT2D eigenvalue weighted by molar-refractivity contribution is 0.0121. The van der Waals surface area contributed by atoms with E-state index in [1.165, 1.54) is 5.01 Å². The van der Waals surface area contributed by atoms with Gasteiger partial charge in [0.2, 0.25) is 0 Å². The first-order valence-electron chi connectivity index (χ1n) is 9.30. The average molecular weight is 356 g/mol. The number of nitrogens with zero attached hydrogens (tertiary/aromatic N) is 1. The second-order valence-corrected chi connectivity index (χ2v) is 3.86. The third kappa shape index (κ3) is 33.4. The highest BCUT2D eigenvalue weighted by molar-refractivity contribution is 4.62. The van der Waals surface area contributed by atoms with Crippen molar-refractivity contribution in [1.82, 2.24) is 5.01 Å². The van der Waals surface area contributed by atoms with Crippen LogP contribution in [0.1, 0.15) is 48.5 Å². The molecular weight excluding hydrogens is 310 g/mol. The average Bonchev–Trinajstić information content (AvgIpc) is 2.65. The molecule has 5 N–H and O–H groups in total. The Morgan fingerprint density at radius 2 is 1.25 bits per heavy atom. The predicted molar refractivity (Wildman–Crippen MR) is 103 cm³/mol. The van der Waals surface area contributed by atoms with Gasteiger partial charge in [-0.1, -0.05) is 41.5 Å². The van der Waals surface area contributed by atoms with E-state index in [4.69, 9.17) is 30.9 Å². The van der Waals surface area contributed by atoms with E-state index in [1.807, 2.05) is 48.5 Å². The molecule has 0 rings (SSSR count). The van der Waals surface area contributed by atoms with Crippen LogP contribution in [-0.4, -0.2) is 75.5 Å². The van der Waals surface area contributed by atoms with Gasteiger partial charge in [0.25, 0.3) is 0 Å². The van der Waals surface area contributed by atoms with Crippen LogP contribution in [0.2, 0.25) is 0 Å². The number of aliphatic hydroxyl groups excluding tert-OH is 1. The van der Waals surface area contributed by atoms with Crippen LogP contribution in [0.15, 0.2) is 0 Å². The summed E-state index contributed by atoms with van der Waals surface area (Å²) >= 11 is 0. The molecule has 0 aromatic heterocycles. The van der Waals surface area contributed by atoms with E-state index in [2.05, 4.69) is 0 Å². The van der Waals surface area contributed by atoms with Gasteiger partial charge in [-0.15, -0.1) is 0 Å². The van der Waals surface area contributed by atoms with Gasteiger partial charge in [-0.25, -0.2) is 5.01 Å². The largest absolute Gasteiger partial charge is 0.395 e. The number of ether oxygens (including phenoxy) is 3. The standard InChI is InChI=1S/C11H27N3O4.3C2H6/c1-2-16-5-6-18-8-7-17-4-3-14(13)9-11(12)10-15;3*1-2/h11,15H,2-10,12-13H2,1H3;3*1-2H3. The zero-order valence-electron chi connectivity index (χ0n) is 17.2. The van der Waals surface area contributed by atoms with Crippen molar-refractivity contribution in [3.8, 4) is 0 Å². The molecule has 0 aliphatic rings. The van der Waals surface area contributed by atoms with E-state index in [0.717, 1.165) is 0 Å². The maximum atomic E-state index is 8.75. The lowest BCUT2D eigenvalue weighted by Crippen LogP contribution is -2.44. The molecule has 0 saturated carbocycles. The Morgan fingerprint density at radius 3 is 1.67 bits per heavy atom. The van der Waals surface area contributed by atoms with Crippen LogP contribution in [0, 0.1) is 0 Å². The smallest absolute Gasteiger partial charge is 0.0701 e. The van der Waals surface area contributed by atoms with Gasteiger partial charge in [-0.3, -0.25) is 5.84 Å². The van der Waals surface area contributed by atoms with Crippen molar-refractivity contribution < 1.29 is 19.3 Å². The number of aliphatic hydroxyl groups is 1. The maximum Gasteiger partial charge on any atom is 0.0701 e. The number of hydrazine groups is 1. The van der Waals surface area contributed by atoms with Crippen LogP contribution in [0.4, 0.5) is 0 Å². The van der Waals surface area contributed by atoms with Crippen molar-refractivity contribution in [2.75, 3.05) is 59.3 Å². The lowest BCUT2D eigenvalue weighted by Gasteiger charge is -2.19. The van der Waals surface area contributed by atoms with Gasteiger partial charge in [0.1, 0.15) is 0 Å². The summed E-state index contributed by atoms with van der Waals surface area (Å²) in [6, 6.07) is -0.308. The molecule has 0 aliphatic carbocycles. The highest BCUT2D eigenvalue weighted by Gasteiger charge is 2.05. The normalized spacial score (nSPS) is 10.6. The van der Waals surface area contributed by atoms with Gasteiger partial charge in [0.05, 0.1) is 39.6 Å². The summed E-state index contributed by atoms with van der Waals surface area (Å²) in [5, 5.41) is 10.3. The molecule has 1 atom stereocenters. The van der Waals surface area contributed by atoms with E-state index in [9.17, 15) is 0 Å². The zero-order chi connectivity index (χ0) is 19.6. The van der Waals surface area contributed by atoms with Gasteiger partial charge in [-0.05, 0) is 6.92 Å². The first-order chi connectivity index (χ1) is 11.7. The summed E-state index contributed by atoms with van der Waals surface area (Å²) in [5.74, 6) is 5.66. The topological polar surface area (TPSA) is 103 Å². The van der Waals surface area contributed by atoms with Crippen LogP contribution in [0.25, 0.3) is 0 Å². The Hall–Kier alpha value is -0.280. The molecule has 0 aromatic rings. The predicted octanol–water partition coefficient (Wildman–Crippen LogP) is 1.63. The van der Waals surface area contributed by atoms with Crippen molar-refractivity contribution in [1.29, 1.82) is 0 Å². The van der Waals surface area contributed by atoms with E-state index in [0.29, 0.717) is 52.7 Å². The Kier molecular flexibility index (Phi) is 44.8. The molecule has 0 fully saturated rings. The number of nitrogens with two attached hydrogens (primary N) is 2. The van der Waals surface area contributed by atoms with Crippen LogP contribution in [0.3, 0.4) is 0 Å². The molecule has 24 heavy (non-hydrogen) atoms. The first-order valence-corrected chi connectivity index (χ1v) is 9.30. The molecule has 7 nitrogen and oxygen atoms in total. The highest BCUT2D eigenvalue weighted by Crippen LogP contribution is 1.85. The molecule has 0 aromatic carbocycles. The SMILES string of the molecule is CC.CC.CC.CCOCCOCCOCCN(N)CC(N)CO. The number of rotatable bonds is 13. The number of hydrogen-bond acceptors (Lipinski definition) is 7. The molecule has 0 heterocycles. The summed E-state index contributed by atoms with van der Waals surface area (Å²) in [5.41, 5.74) is 5.54. The Morgan fingerprint density at radius 1 is 0.833 bits per heavy atom. The minimum Gasteiger partial charge on any atom is -0.395 e. The van der Waals surface area contributed by atoms with Crippen molar-refractivity contribution in [2.24, 2.45) is 11.6 Å². The quantitative estimate of drug-likeness (QED) is 0.262. The van der Waals surface area contributed by atoms with Gasteiger partial charge in [-0.2, -0.15) is 0 Å². The molecule has 1 unspecified atom stereocenters. The zero-order valence-corrected chi connectivity index (χ0v) is 17.2. The molecule has 0 bridgehead atoms. The van der Waals surface area contributed by atoms with E-state index >= 15 is 0 Å². The van der Waals surface area contributed by atoms with Crippen molar-refractivity contribution >= 4 is 0 Å². The molecule has 7 heteroatoms. The second kappa shape index (κ2) is 34.1. The summed E-state index contributed by atoms with van der Waals surface area (Å²) in [6.07, 6.45) is 0. The van der Waals surface area contributed by atoms with E-state index in [1.54, 1.807) is 0 Å². The van der Waals surface area contributed by atoms with Gasteiger partial charge in [0.15, 0.2) is 0 Å². The third-order valence-corrected chi connectivity index (χ3v) is 2.17. The Bertz CT molecular complexity index is 178. The fraction of sp³-hybridized carbons (Fsp3) is 1.00. The third-order valence-electron chi connectivity index (χ3n) is 2.17. The molecule has 0 radical (unpaired) electrons. The van der Waals surface area contributed by atoms with Crippen molar-refractivity contribution in [2.45, 2.75) is 54.5 Å². The van der Waals surface area contributed by atoms with Gasteiger partial charge >= 0.3 is 0 Å². The summed E-state index contributed by atoms with van der Waals surface area (Å²) in [4.78, 5) is 0. The lowest BCUT2D eigenvalue weighted by atomic mass is 10.3.